The van der Waals surface area contributed by atoms with E-state index < -0.39 is 5.60 Å². The Bertz CT molecular complexity index is 508. The normalized spacial score (nSPS) is 17.3. The summed E-state index contributed by atoms with van der Waals surface area (Å²) < 4.78 is 10.9. The number of methoxy groups -OCH3 is 1. The van der Waals surface area contributed by atoms with Gasteiger partial charge in [-0.3, -0.25) is 4.79 Å². The molecule has 0 spiro atoms. The second-order valence-corrected chi connectivity index (χ2v) is 5.61. The van der Waals surface area contributed by atoms with E-state index in [4.69, 9.17) is 9.47 Å². The first kappa shape index (κ1) is 15.8. The maximum atomic E-state index is 12.6. The van der Waals surface area contributed by atoms with Gasteiger partial charge in [0.1, 0.15) is 0 Å². The summed E-state index contributed by atoms with van der Waals surface area (Å²) in [7, 11) is 5.57. The van der Waals surface area contributed by atoms with Gasteiger partial charge < -0.3 is 19.7 Å². The van der Waals surface area contributed by atoms with Gasteiger partial charge in [-0.05, 0) is 24.6 Å². The number of hydrogen-bond donors (Lipinski definition) is 1. The highest BCUT2D eigenvalue weighted by molar-refractivity contribution is 5.98. The largest absolute Gasteiger partial charge is 0.381 e. The second-order valence-electron chi connectivity index (χ2n) is 5.61. The molecule has 1 aliphatic rings. The van der Waals surface area contributed by atoms with Gasteiger partial charge in [0, 0.05) is 58.6 Å². The molecular formula is C16H24N2O3. The third kappa shape index (κ3) is 3.19. The van der Waals surface area contributed by atoms with E-state index in [1.807, 2.05) is 44.1 Å². The number of nitrogens with one attached hydrogen (secondary N) is 1. The van der Waals surface area contributed by atoms with Crippen molar-refractivity contribution < 1.29 is 14.3 Å². The minimum Gasteiger partial charge on any atom is -0.381 e. The van der Waals surface area contributed by atoms with Gasteiger partial charge in [0.25, 0.3) is 5.91 Å². The highest BCUT2D eigenvalue weighted by Gasteiger charge is 2.40. The molecule has 5 nitrogen and oxygen atoms in total. The number of nitrogens with zero attached hydrogens (tertiary/aromatic N) is 1. The molecule has 2 rings (SSSR count). The standard InChI is InChI=1S/C16H24N2O3/c1-12-13(6-5-7-14(12)18(2)3)17-15(19)16(20-4)8-10-21-11-9-16/h5-7H,8-11H2,1-4H3,(H,17,19). The molecule has 1 aromatic rings. The van der Waals surface area contributed by atoms with E-state index >= 15 is 0 Å². The molecule has 0 radical (unpaired) electrons. The predicted octanol–water partition coefficient (Wildman–Crippen LogP) is 2.20. The number of benzene rings is 1. The Morgan fingerprint density at radius 1 is 1.33 bits per heavy atom. The van der Waals surface area contributed by atoms with E-state index in [1.54, 1.807) is 7.11 Å². The molecule has 1 aromatic carbocycles. The van der Waals surface area contributed by atoms with Crippen LogP contribution in [0.3, 0.4) is 0 Å². The average Bonchev–Trinajstić information content (AvgIpc) is 2.49. The Hall–Kier alpha value is -1.59. The Morgan fingerprint density at radius 2 is 2.00 bits per heavy atom. The van der Waals surface area contributed by atoms with Gasteiger partial charge in [-0.1, -0.05) is 6.07 Å². The third-order valence-electron chi connectivity index (χ3n) is 4.14. The van der Waals surface area contributed by atoms with Crippen molar-refractivity contribution in [2.45, 2.75) is 25.4 Å². The van der Waals surface area contributed by atoms with Gasteiger partial charge in [-0.2, -0.15) is 0 Å². The molecule has 0 unspecified atom stereocenters. The lowest BCUT2D eigenvalue weighted by Gasteiger charge is -2.34. The number of ether oxygens (including phenoxy) is 2. The molecule has 1 heterocycles. The molecule has 0 saturated carbocycles. The number of carbonyl (C=O) groups excluding carboxylic acids is 1. The van der Waals surface area contributed by atoms with Crippen molar-refractivity contribution >= 4 is 17.3 Å². The molecule has 1 amide bonds. The molecule has 0 aromatic heterocycles. The minimum atomic E-state index is -0.779. The van der Waals surface area contributed by atoms with Gasteiger partial charge in [0.2, 0.25) is 0 Å². The first-order valence-electron chi connectivity index (χ1n) is 7.21. The maximum absolute atomic E-state index is 12.6. The van der Waals surface area contributed by atoms with Crippen LogP contribution in [0.5, 0.6) is 0 Å². The van der Waals surface area contributed by atoms with Crippen molar-refractivity contribution in [3.8, 4) is 0 Å². The van der Waals surface area contributed by atoms with Crippen molar-refractivity contribution in [2.24, 2.45) is 0 Å². The van der Waals surface area contributed by atoms with Gasteiger partial charge in [0.15, 0.2) is 5.60 Å². The summed E-state index contributed by atoms with van der Waals surface area (Å²) in [4.78, 5) is 14.7. The predicted molar refractivity (Wildman–Crippen MR) is 83.9 cm³/mol. The Balaban J connectivity index is 2.21. The van der Waals surface area contributed by atoms with Gasteiger partial charge in [-0.15, -0.1) is 0 Å². The summed E-state index contributed by atoms with van der Waals surface area (Å²) in [6, 6.07) is 5.90. The number of anilines is 2. The van der Waals surface area contributed by atoms with Crippen molar-refractivity contribution in [1.29, 1.82) is 0 Å². The lowest BCUT2D eigenvalue weighted by atomic mass is 9.92. The van der Waals surface area contributed by atoms with Crippen LogP contribution in [0, 0.1) is 6.92 Å². The quantitative estimate of drug-likeness (QED) is 0.924. The highest BCUT2D eigenvalue weighted by Crippen LogP contribution is 2.29. The van der Waals surface area contributed by atoms with Crippen LogP contribution in [0.25, 0.3) is 0 Å². The smallest absolute Gasteiger partial charge is 0.256 e. The summed E-state index contributed by atoms with van der Waals surface area (Å²) in [5.41, 5.74) is 2.19. The van der Waals surface area contributed by atoms with Crippen LogP contribution in [0.15, 0.2) is 18.2 Å². The Labute approximate surface area is 126 Å². The number of carbonyl (C=O) groups is 1. The molecule has 1 fully saturated rings. The van der Waals surface area contributed by atoms with Crippen LogP contribution in [-0.2, 0) is 14.3 Å². The van der Waals surface area contributed by atoms with Crippen molar-refractivity contribution in [2.75, 3.05) is 44.6 Å². The van der Waals surface area contributed by atoms with E-state index in [-0.39, 0.29) is 5.91 Å². The molecule has 5 heteroatoms. The molecule has 1 saturated heterocycles. The maximum Gasteiger partial charge on any atom is 0.256 e. The van der Waals surface area contributed by atoms with Crippen molar-refractivity contribution in [3.05, 3.63) is 23.8 Å². The van der Waals surface area contributed by atoms with Gasteiger partial charge in [0.05, 0.1) is 0 Å². The zero-order chi connectivity index (χ0) is 15.5. The highest BCUT2D eigenvalue weighted by atomic mass is 16.5. The van der Waals surface area contributed by atoms with E-state index in [2.05, 4.69) is 5.32 Å². The van der Waals surface area contributed by atoms with E-state index in [0.717, 1.165) is 16.9 Å². The molecule has 1 aliphatic heterocycles. The molecule has 0 bridgehead atoms. The fourth-order valence-corrected chi connectivity index (χ4v) is 2.70. The second kappa shape index (κ2) is 6.45. The van der Waals surface area contributed by atoms with E-state index in [9.17, 15) is 4.79 Å². The molecule has 116 valence electrons. The van der Waals surface area contributed by atoms with Crippen LogP contribution in [0.2, 0.25) is 0 Å². The first-order valence-corrected chi connectivity index (χ1v) is 7.21. The van der Waals surface area contributed by atoms with Crippen LogP contribution >= 0.6 is 0 Å². The fraction of sp³-hybridized carbons (Fsp3) is 0.562. The summed E-state index contributed by atoms with van der Waals surface area (Å²) in [5.74, 6) is -0.0905. The van der Waals surface area contributed by atoms with Gasteiger partial charge in [-0.25, -0.2) is 0 Å². The zero-order valence-electron chi connectivity index (χ0n) is 13.2. The fourth-order valence-electron chi connectivity index (χ4n) is 2.70. The van der Waals surface area contributed by atoms with Crippen molar-refractivity contribution in [1.82, 2.24) is 0 Å². The molecule has 21 heavy (non-hydrogen) atoms. The Morgan fingerprint density at radius 3 is 2.57 bits per heavy atom. The molecule has 0 atom stereocenters. The monoisotopic (exact) mass is 292 g/mol. The molecular weight excluding hydrogens is 268 g/mol. The van der Waals surface area contributed by atoms with Crippen LogP contribution in [-0.4, -0.2) is 45.9 Å². The van der Waals surface area contributed by atoms with E-state index in [1.165, 1.54) is 0 Å². The minimum absolute atomic E-state index is 0.0905. The SMILES string of the molecule is COC1(C(=O)Nc2cccc(N(C)C)c2C)CCOCC1. The Kier molecular flexibility index (Phi) is 4.85. The summed E-state index contributed by atoms with van der Waals surface area (Å²) in [6.45, 7) is 3.12. The van der Waals surface area contributed by atoms with E-state index in [0.29, 0.717) is 26.1 Å². The lowest BCUT2D eigenvalue weighted by molar-refractivity contribution is -0.149. The summed E-state index contributed by atoms with van der Waals surface area (Å²) in [6.07, 6.45) is 1.17. The topological polar surface area (TPSA) is 50.8 Å². The summed E-state index contributed by atoms with van der Waals surface area (Å²) in [5, 5.41) is 3.02. The molecule has 0 aliphatic carbocycles. The average molecular weight is 292 g/mol. The van der Waals surface area contributed by atoms with Gasteiger partial charge >= 0.3 is 0 Å². The van der Waals surface area contributed by atoms with Crippen LogP contribution in [0.4, 0.5) is 11.4 Å². The third-order valence-corrected chi connectivity index (χ3v) is 4.14. The number of rotatable bonds is 4. The summed E-state index contributed by atoms with van der Waals surface area (Å²) >= 11 is 0. The number of hydrogen-bond acceptors (Lipinski definition) is 4. The van der Waals surface area contributed by atoms with Crippen LogP contribution < -0.4 is 10.2 Å². The first-order chi connectivity index (χ1) is 10.00. The lowest BCUT2D eigenvalue weighted by Crippen LogP contribution is -2.48. The molecule has 1 N–H and O–H groups in total. The van der Waals surface area contributed by atoms with Crippen LogP contribution in [0.1, 0.15) is 18.4 Å². The van der Waals surface area contributed by atoms with Crippen molar-refractivity contribution in [3.63, 3.8) is 0 Å². The zero-order valence-corrected chi connectivity index (χ0v) is 13.2. The number of amides is 1.